The van der Waals surface area contributed by atoms with Gasteiger partial charge in [0.1, 0.15) is 17.5 Å². The molecule has 2 aromatic heterocycles. The Balaban J connectivity index is 1.66. The number of aryl methyl sites for hydroxylation is 1. The topological polar surface area (TPSA) is 37.9 Å². The largest absolute Gasteiger partial charge is 0.484 e. The molecule has 5 rings (SSSR count). The number of fused-ring (bicyclic) bond motifs is 4. The van der Waals surface area contributed by atoms with Gasteiger partial charge < -0.3 is 9.72 Å². The van der Waals surface area contributed by atoms with Crippen LogP contribution in [0, 0.1) is 0 Å². The van der Waals surface area contributed by atoms with Gasteiger partial charge in [-0.3, -0.25) is 4.98 Å². The van der Waals surface area contributed by atoms with Gasteiger partial charge in [-0.25, -0.2) is 0 Å². The molecule has 0 saturated carbocycles. The van der Waals surface area contributed by atoms with Crippen molar-refractivity contribution in [2.75, 3.05) is 0 Å². The summed E-state index contributed by atoms with van der Waals surface area (Å²) >= 11 is 0. The van der Waals surface area contributed by atoms with Crippen molar-refractivity contribution < 1.29 is 4.74 Å². The first kappa shape index (κ1) is 12.7. The molecular formula is C20H16N2O. The van der Waals surface area contributed by atoms with E-state index in [9.17, 15) is 0 Å². The molecule has 1 aliphatic heterocycles. The molecule has 2 aromatic carbocycles. The summed E-state index contributed by atoms with van der Waals surface area (Å²) in [5.74, 6) is 0.985. The molecule has 3 nitrogen and oxygen atoms in total. The number of H-pyrrole nitrogens is 1. The van der Waals surface area contributed by atoms with Gasteiger partial charge in [-0.05, 0) is 36.6 Å². The lowest BCUT2D eigenvalue weighted by molar-refractivity contribution is 0.173. The molecule has 3 heterocycles. The van der Waals surface area contributed by atoms with E-state index in [1.807, 2.05) is 18.3 Å². The fourth-order valence-electron chi connectivity index (χ4n) is 3.56. The summed E-state index contributed by atoms with van der Waals surface area (Å²) in [5.41, 5.74) is 4.53. The van der Waals surface area contributed by atoms with E-state index in [1.54, 1.807) is 0 Å². The van der Waals surface area contributed by atoms with Gasteiger partial charge in [-0.1, -0.05) is 36.4 Å². The molecular weight excluding hydrogens is 284 g/mol. The minimum Gasteiger partial charge on any atom is -0.484 e. The Bertz CT molecular complexity index is 1020. The molecule has 1 atom stereocenters. The van der Waals surface area contributed by atoms with Gasteiger partial charge in [0.25, 0.3) is 0 Å². The Morgan fingerprint density at radius 1 is 0.957 bits per heavy atom. The Morgan fingerprint density at radius 3 is 2.83 bits per heavy atom. The average molecular weight is 300 g/mol. The second-order valence-electron chi connectivity index (χ2n) is 6.04. The third kappa shape index (κ3) is 1.93. The first-order chi connectivity index (χ1) is 11.4. The zero-order valence-corrected chi connectivity index (χ0v) is 12.6. The highest BCUT2D eigenvalue weighted by Crippen LogP contribution is 2.37. The van der Waals surface area contributed by atoms with E-state index in [2.05, 4.69) is 52.4 Å². The van der Waals surface area contributed by atoms with Crippen molar-refractivity contribution in [2.45, 2.75) is 18.9 Å². The van der Waals surface area contributed by atoms with Gasteiger partial charge in [0.15, 0.2) is 0 Å². The molecule has 0 amide bonds. The number of aromatic amines is 1. The Labute approximate surface area is 133 Å². The van der Waals surface area contributed by atoms with Gasteiger partial charge in [0, 0.05) is 22.5 Å². The first-order valence-electron chi connectivity index (χ1n) is 8.00. The molecule has 3 heteroatoms. The van der Waals surface area contributed by atoms with Crippen LogP contribution in [0.4, 0.5) is 0 Å². The second-order valence-corrected chi connectivity index (χ2v) is 6.04. The normalized spacial score (nSPS) is 17.1. The van der Waals surface area contributed by atoms with Crippen LogP contribution in [0.25, 0.3) is 21.8 Å². The standard InChI is InChI=1S/C20H16N2O/c1-4-8-17-13(5-1)9-10-18(23-17)20-19-15(11-12-21-20)14-6-2-3-7-16(14)22-19/h1-8,11-12,18,22H,9-10H2. The molecule has 1 aliphatic rings. The van der Waals surface area contributed by atoms with Crippen molar-refractivity contribution in [1.82, 2.24) is 9.97 Å². The predicted octanol–water partition coefficient (Wildman–Crippen LogP) is 4.78. The lowest BCUT2D eigenvalue weighted by Gasteiger charge is -2.25. The van der Waals surface area contributed by atoms with Crippen molar-refractivity contribution in [3.05, 3.63) is 72.1 Å². The van der Waals surface area contributed by atoms with E-state index in [0.717, 1.165) is 35.3 Å². The predicted molar refractivity (Wildman–Crippen MR) is 91.7 cm³/mol. The third-order valence-corrected chi connectivity index (χ3v) is 4.68. The first-order valence-corrected chi connectivity index (χ1v) is 8.00. The molecule has 0 saturated heterocycles. The number of hydrogen-bond acceptors (Lipinski definition) is 2. The zero-order valence-electron chi connectivity index (χ0n) is 12.6. The number of ether oxygens (including phenoxy) is 1. The molecule has 0 radical (unpaired) electrons. The maximum absolute atomic E-state index is 6.24. The van der Waals surface area contributed by atoms with Crippen LogP contribution in [0.5, 0.6) is 5.75 Å². The van der Waals surface area contributed by atoms with E-state index in [0.29, 0.717) is 0 Å². The van der Waals surface area contributed by atoms with Crippen molar-refractivity contribution in [3.63, 3.8) is 0 Å². The summed E-state index contributed by atoms with van der Waals surface area (Å²) in [4.78, 5) is 8.17. The highest BCUT2D eigenvalue weighted by Gasteiger charge is 2.24. The fraction of sp³-hybridized carbons (Fsp3) is 0.150. The van der Waals surface area contributed by atoms with Crippen molar-refractivity contribution in [2.24, 2.45) is 0 Å². The summed E-state index contributed by atoms with van der Waals surface area (Å²) in [6, 6.07) is 18.7. The molecule has 112 valence electrons. The van der Waals surface area contributed by atoms with Gasteiger partial charge in [0.05, 0.1) is 5.52 Å². The summed E-state index contributed by atoms with van der Waals surface area (Å²) in [5, 5.41) is 2.45. The van der Waals surface area contributed by atoms with E-state index >= 15 is 0 Å². The van der Waals surface area contributed by atoms with Crippen molar-refractivity contribution in [3.8, 4) is 5.75 Å². The monoisotopic (exact) mass is 300 g/mol. The molecule has 1 unspecified atom stereocenters. The number of rotatable bonds is 1. The van der Waals surface area contributed by atoms with Crippen LogP contribution in [0.3, 0.4) is 0 Å². The maximum atomic E-state index is 6.24. The van der Waals surface area contributed by atoms with Crippen molar-refractivity contribution in [1.29, 1.82) is 0 Å². The van der Waals surface area contributed by atoms with Crippen LogP contribution in [0.15, 0.2) is 60.8 Å². The number of hydrogen-bond donors (Lipinski definition) is 1. The maximum Gasteiger partial charge on any atom is 0.143 e. The number of benzene rings is 2. The van der Waals surface area contributed by atoms with Gasteiger partial charge in [0.2, 0.25) is 0 Å². The summed E-state index contributed by atoms with van der Waals surface area (Å²) < 4.78 is 6.24. The number of pyridine rings is 1. The Hall–Kier alpha value is -2.81. The molecule has 4 aromatic rings. The van der Waals surface area contributed by atoms with E-state index in [1.165, 1.54) is 16.3 Å². The number of aromatic nitrogens is 2. The molecule has 23 heavy (non-hydrogen) atoms. The van der Waals surface area contributed by atoms with Crippen LogP contribution in [0.2, 0.25) is 0 Å². The average Bonchev–Trinajstić information content (AvgIpc) is 3.00. The second kappa shape index (κ2) is 4.85. The van der Waals surface area contributed by atoms with Crippen LogP contribution in [-0.4, -0.2) is 9.97 Å². The molecule has 0 fully saturated rings. The van der Waals surface area contributed by atoms with Gasteiger partial charge >= 0.3 is 0 Å². The summed E-state index contributed by atoms with van der Waals surface area (Å²) in [6.45, 7) is 0. The summed E-state index contributed by atoms with van der Waals surface area (Å²) in [7, 11) is 0. The van der Waals surface area contributed by atoms with E-state index < -0.39 is 0 Å². The lowest BCUT2D eigenvalue weighted by atomic mass is 9.99. The number of para-hydroxylation sites is 2. The Morgan fingerprint density at radius 2 is 1.83 bits per heavy atom. The van der Waals surface area contributed by atoms with Gasteiger partial charge in [-0.2, -0.15) is 0 Å². The number of nitrogens with one attached hydrogen (secondary N) is 1. The highest BCUT2D eigenvalue weighted by molar-refractivity contribution is 6.07. The molecule has 1 N–H and O–H groups in total. The third-order valence-electron chi connectivity index (χ3n) is 4.68. The SMILES string of the molecule is c1ccc2c(c1)CCC(c1nccc3c1[nH]c1ccccc13)O2. The smallest absolute Gasteiger partial charge is 0.143 e. The number of nitrogens with zero attached hydrogens (tertiary/aromatic N) is 1. The van der Waals surface area contributed by atoms with E-state index in [4.69, 9.17) is 4.74 Å². The van der Waals surface area contributed by atoms with Crippen LogP contribution >= 0.6 is 0 Å². The summed E-state index contributed by atoms with van der Waals surface area (Å²) in [6.07, 6.45) is 3.88. The fourth-order valence-corrected chi connectivity index (χ4v) is 3.56. The molecule has 0 bridgehead atoms. The van der Waals surface area contributed by atoms with Crippen LogP contribution < -0.4 is 4.74 Å². The van der Waals surface area contributed by atoms with E-state index in [-0.39, 0.29) is 6.10 Å². The van der Waals surface area contributed by atoms with Gasteiger partial charge in [-0.15, -0.1) is 0 Å². The highest BCUT2D eigenvalue weighted by atomic mass is 16.5. The zero-order chi connectivity index (χ0) is 15.2. The minimum atomic E-state index is 0.00154. The van der Waals surface area contributed by atoms with Crippen molar-refractivity contribution >= 4 is 21.8 Å². The Kier molecular flexibility index (Phi) is 2.68. The lowest BCUT2D eigenvalue weighted by Crippen LogP contribution is -2.16. The van der Waals surface area contributed by atoms with Crippen LogP contribution in [0.1, 0.15) is 23.8 Å². The molecule has 0 aliphatic carbocycles. The minimum absolute atomic E-state index is 0.00154. The quantitative estimate of drug-likeness (QED) is 0.549. The van der Waals surface area contributed by atoms with Crippen LogP contribution in [-0.2, 0) is 6.42 Å². The molecule has 0 spiro atoms.